The Bertz CT molecular complexity index is 3530. The van der Waals surface area contributed by atoms with Crippen molar-refractivity contribution < 1.29 is 4.42 Å². The summed E-state index contributed by atoms with van der Waals surface area (Å²) in [6.07, 6.45) is 0. The number of aromatic nitrogens is 4. The number of benzene rings is 8. The maximum atomic E-state index is 6.55. The average Bonchev–Trinajstić information content (AvgIpc) is 3.96. The first-order chi connectivity index (χ1) is 28.2. The minimum absolute atomic E-state index is 0.585. The van der Waals surface area contributed by atoms with Crippen LogP contribution in [0, 0.1) is 0 Å². The molecule has 0 aliphatic carbocycles. The third kappa shape index (κ3) is 5.04. The monoisotopic (exact) mass is 746 g/mol. The molecule has 8 aromatic carbocycles. The minimum atomic E-state index is 0.585. The summed E-state index contributed by atoms with van der Waals surface area (Å²) < 4.78 is 11.5. The molecule has 5 nitrogen and oxygen atoms in total. The van der Waals surface area contributed by atoms with Gasteiger partial charge < -0.3 is 8.98 Å². The van der Waals surface area contributed by atoms with Gasteiger partial charge >= 0.3 is 0 Å². The second kappa shape index (κ2) is 12.6. The Morgan fingerprint density at radius 2 is 1.07 bits per heavy atom. The number of rotatable bonds is 5. The van der Waals surface area contributed by atoms with E-state index < -0.39 is 0 Å². The zero-order valence-corrected chi connectivity index (χ0v) is 31.2. The third-order valence-electron chi connectivity index (χ3n) is 11.1. The van der Waals surface area contributed by atoms with Crippen LogP contribution in [0.3, 0.4) is 0 Å². The molecule has 4 aromatic heterocycles. The van der Waals surface area contributed by atoms with E-state index in [9.17, 15) is 0 Å². The zero-order valence-electron chi connectivity index (χ0n) is 30.4. The summed E-state index contributed by atoms with van der Waals surface area (Å²) >= 11 is 1.85. The molecular formula is C51H30N4OS. The molecule has 0 unspecified atom stereocenters. The Kier molecular flexibility index (Phi) is 7.03. The number of nitrogens with zero attached hydrogens (tertiary/aromatic N) is 4. The summed E-state index contributed by atoms with van der Waals surface area (Å²) in [5.74, 6) is 1.82. The van der Waals surface area contributed by atoms with Gasteiger partial charge in [-0.15, -0.1) is 11.3 Å². The average molecular weight is 747 g/mol. The Labute approximate surface area is 330 Å². The first-order valence-corrected chi connectivity index (χ1v) is 19.8. The second-order valence-corrected chi connectivity index (χ2v) is 15.4. The van der Waals surface area contributed by atoms with Crippen LogP contribution in [0.2, 0.25) is 0 Å². The molecule has 0 amide bonds. The van der Waals surface area contributed by atoms with E-state index in [-0.39, 0.29) is 0 Å². The van der Waals surface area contributed by atoms with Gasteiger partial charge in [-0.2, -0.15) is 0 Å². The second-order valence-electron chi connectivity index (χ2n) is 14.4. The highest BCUT2D eigenvalue weighted by Crippen LogP contribution is 2.42. The Hall–Kier alpha value is -7.41. The Morgan fingerprint density at radius 1 is 0.404 bits per heavy atom. The maximum absolute atomic E-state index is 6.55. The Balaban J connectivity index is 1.02. The van der Waals surface area contributed by atoms with Gasteiger partial charge in [0.2, 0.25) is 0 Å². The molecule has 12 rings (SSSR count). The summed E-state index contributed by atoms with van der Waals surface area (Å²) in [5, 5.41) is 6.96. The van der Waals surface area contributed by atoms with Gasteiger partial charge in [-0.25, -0.2) is 15.0 Å². The molecule has 0 spiro atoms. The van der Waals surface area contributed by atoms with Crippen molar-refractivity contribution in [2.45, 2.75) is 0 Å². The van der Waals surface area contributed by atoms with Crippen LogP contribution in [-0.2, 0) is 0 Å². The first-order valence-electron chi connectivity index (χ1n) is 19.0. The van der Waals surface area contributed by atoms with Crippen LogP contribution < -0.4 is 0 Å². The third-order valence-corrected chi connectivity index (χ3v) is 12.3. The topological polar surface area (TPSA) is 56.7 Å². The highest BCUT2D eigenvalue weighted by Gasteiger charge is 2.20. The van der Waals surface area contributed by atoms with Gasteiger partial charge in [0.25, 0.3) is 0 Å². The van der Waals surface area contributed by atoms with Gasteiger partial charge in [-0.1, -0.05) is 127 Å². The normalized spacial score (nSPS) is 11.9. The lowest BCUT2D eigenvalue weighted by molar-refractivity contribution is 0.669. The highest BCUT2D eigenvalue weighted by molar-refractivity contribution is 7.26. The quantitative estimate of drug-likeness (QED) is 0.176. The van der Waals surface area contributed by atoms with Gasteiger partial charge in [0, 0.05) is 64.1 Å². The lowest BCUT2D eigenvalue weighted by atomic mass is 10.0. The van der Waals surface area contributed by atoms with Gasteiger partial charge in [-0.05, 0) is 65.7 Å². The van der Waals surface area contributed by atoms with Crippen molar-refractivity contribution in [1.82, 2.24) is 19.5 Å². The molecule has 266 valence electrons. The van der Waals surface area contributed by atoms with Crippen molar-refractivity contribution in [2.24, 2.45) is 0 Å². The zero-order chi connectivity index (χ0) is 37.5. The van der Waals surface area contributed by atoms with Crippen molar-refractivity contribution in [3.63, 3.8) is 0 Å². The number of fused-ring (bicyclic) bond motifs is 9. The molecule has 0 aliphatic rings. The predicted molar refractivity (Wildman–Crippen MR) is 236 cm³/mol. The molecule has 0 atom stereocenters. The van der Waals surface area contributed by atoms with Gasteiger partial charge in [0.15, 0.2) is 17.5 Å². The molecule has 57 heavy (non-hydrogen) atoms. The lowest BCUT2D eigenvalue weighted by Crippen LogP contribution is -2.00. The molecule has 0 N–H and O–H groups in total. The van der Waals surface area contributed by atoms with Gasteiger partial charge in [-0.3, -0.25) is 0 Å². The van der Waals surface area contributed by atoms with E-state index in [2.05, 4.69) is 150 Å². The fourth-order valence-electron chi connectivity index (χ4n) is 8.46. The van der Waals surface area contributed by atoms with Crippen molar-refractivity contribution in [2.75, 3.05) is 0 Å². The van der Waals surface area contributed by atoms with E-state index in [1.54, 1.807) is 0 Å². The Morgan fingerprint density at radius 3 is 1.95 bits per heavy atom. The first kappa shape index (κ1) is 31.9. The molecule has 4 heterocycles. The van der Waals surface area contributed by atoms with Crippen molar-refractivity contribution in [3.05, 3.63) is 182 Å². The number of furan rings is 1. The molecule has 0 bridgehead atoms. The van der Waals surface area contributed by atoms with E-state index >= 15 is 0 Å². The minimum Gasteiger partial charge on any atom is -0.456 e. The molecule has 0 saturated carbocycles. The molecule has 12 aromatic rings. The van der Waals surface area contributed by atoms with Crippen LogP contribution in [-0.4, -0.2) is 19.5 Å². The summed E-state index contributed by atoms with van der Waals surface area (Å²) in [6.45, 7) is 0. The standard InChI is InChI=1S/C51H30N4OS/c1-3-13-31(14-4-1)49-52-50(54-51(53-49)40-21-12-23-43-47(40)39-18-7-9-22-42(39)55(43)34-15-5-2-6-16-34)33-25-27-36-41-29-32(26-28-44(41)56-45(36)30-33)35-19-11-20-38-37-17-8-10-24-46(37)57-48(35)38/h1-30H. The number of thiophene rings is 1. The van der Waals surface area contributed by atoms with Crippen LogP contribution in [0.1, 0.15) is 0 Å². The van der Waals surface area contributed by atoms with Crippen LogP contribution in [0.25, 0.3) is 115 Å². The van der Waals surface area contributed by atoms with E-state index in [4.69, 9.17) is 19.4 Å². The SMILES string of the molecule is c1ccc(-c2nc(-c3ccc4c(c3)oc3ccc(-c5cccc6c5sc5ccccc56)cc34)nc(-c3cccc4c3c3ccccc3n4-c3ccccc3)n2)cc1. The van der Waals surface area contributed by atoms with Crippen molar-refractivity contribution >= 4 is 75.3 Å². The molecule has 0 radical (unpaired) electrons. The van der Waals surface area contributed by atoms with Crippen LogP contribution >= 0.6 is 11.3 Å². The van der Waals surface area contributed by atoms with Crippen molar-refractivity contribution in [3.8, 4) is 51.0 Å². The van der Waals surface area contributed by atoms with Gasteiger partial charge in [0.1, 0.15) is 11.2 Å². The number of para-hydroxylation sites is 2. The van der Waals surface area contributed by atoms with Crippen molar-refractivity contribution in [1.29, 1.82) is 0 Å². The molecule has 6 heteroatoms. The number of hydrogen-bond acceptors (Lipinski definition) is 5. The molecule has 0 aliphatic heterocycles. The summed E-state index contributed by atoms with van der Waals surface area (Å²) in [4.78, 5) is 15.5. The number of hydrogen-bond donors (Lipinski definition) is 0. The van der Waals surface area contributed by atoms with Gasteiger partial charge in [0.05, 0.1) is 11.0 Å². The summed E-state index contributed by atoms with van der Waals surface area (Å²) in [5.41, 5.74) is 10.1. The smallest absolute Gasteiger partial charge is 0.164 e. The highest BCUT2D eigenvalue weighted by atomic mass is 32.1. The molecular weight excluding hydrogens is 717 g/mol. The van der Waals surface area contributed by atoms with E-state index in [1.165, 1.54) is 31.3 Å². The lowest BCUT2D eigenvalue weighted by Gasteiger charge is -2.10. The maximum Gasteiger partial charge on any atom is 0.164 e. The van der Waals surface area contributed by atoms with E-state index in [1.807, 2.05) is 47.7 Å². The van der Waals surface area contributed by atoms with E-state index in [0.717, 1.165) is 66.1 Å². The largest absolute Gasteiger partial charge is 0.456 e. The fourth-order valence-corrected chi connectivity index (χ4v) is 9.70. The predicted octanol–water partition coefficient (Wildman–Crippen LogP) is 13.9. The van der Waals surface area contributed by atoms with Crippen LogP contribution in [0.15, 0.2) is 186 Å². The fraction of sp³-hybridized carbons (Fsp3) is 0. The van der Waals surface area contributed by atoms with E-state index in [0.29, 0.717) is 17.5 Å². The summed E-state index contributed by atoms with van der Waals surface area (Å²) in [6, 6.07) is 63.7. The molecule has 0 saturated heterocycles. The molecule has 0 fully saturated rings. The van der Waals surface area contributed by atoms with Crippen LogP contribution in [0.5, 0.6) is 0 Å². The summed E-state index contributed by atoms with van der Waals surface area (Å²) in [7, 11) is 0. The van der Waals surface area contributed by atoms with Crippen LogP contribution in [0.4, 0.5) is 0 Å².